The van der Waals surface area contributed by atoms with E-state index >= 15 is 0 Å². The minimum atomic E-state index is -4.24. The first-order valence-corrected chi connectivity index (χ1v) is 7.38. The highest BCUT2D eigenvalue weighted by Crippen LogP contribution is 2.39. The zero-order chi connectivity index (χ0) is 14.8. The molecular weight excluding hydrogens is 289 g/mol. The molecule has 0 bridgehead atoms. The molecule has 1 aliphatic carbocycles. The normalized spacial score (nSPS) is 36.4. The highest BCUT2D eigenvalue weighted by Gasteiger charge is 2.48. The van der Waals surface area contributed by atoms with Gasteiger partial charge in [-0.1, -0.05) is 12.2 Å². The third-order valence-corrected chi connectivity index (χ3v) is 4.60. The average molecular weight is 307 g/mol. The Labute approximate surface area is 122 Å². The Bertz CT molecular complexity index is 402. The van der Waals surface area contributed by atoms with Crippen molar-refractivity contribution in [2.45, 2.75) is 55.7 Å². The fourth-order valence-electron chi connectivity index (χ4n) is 3.08. The summed E-state index contributed by atoms with van der Waals surface area (Å²) in [6.07, 6.45) is 3.08. The van der Waals surface area contributed by atoms with Crippen LogP contribution in [-0.2, 0) is 0 Å². The first-order chi connectivity index (χ1) is 9.43. The molecule has 0 N–H and O–H groups in total. The summed E-state index contributed by atoms with van der Waals surface area (Å²) in [5.74, 6) is -1.43. The highest BCUT2D eigenvalue weighted by atomic mass is 35.5. The molecule has 0 radical (unpaired) electrons. The van der Waals surface area contributed by atoms with Crippen molar-refractivity contribution in [2.24, 2.45) is 5.92 Å². The molecule has 1 fully saturated rings. The maximum atomic E-state index is 13.0. The Morgan fingerprint density at radius 3 is 2.70 bits per heavy atom. The number of rotatable bonds is 1. The molecule has 2 nitrogen and oxygen atoms in total. The zero-order valence-electron chi connectivity index (χ0n) is 11.1. The lowest BCUT2D eigenvalue weighted by molar-refractivity contribution is -0.190. The van der Waals surface area contributed by atoms with Crippen molar-refractivity contribution in [3.63, 3.8) is 0 Å². The van der Waals surface area contributed by atoms with Gasteiger partial charge in [-0.25, -0.2) is 0 Å². The van der Waals surface area contributed by atoms with Crippen LogP contribution in [0.15, 0.2) is 12.2 Å². The summed E-state index contributed by atoms with van der Waals surface area (Å²) >= 11 is 6.06. The zero-order valence-corrected chi connectivity index (χ0v) is 11.9. The number of alkyl halides is 4. The van der Waals surface area contributed by atoms with Crippen LogP contribution in [0.2, 0.25) is 0 Å². The van der Waals surface area contributed by atoms with Gasteiger partial charge in [0.25, 0.3) is 0 Å². The minimum absolute atomic E-state index is 0.00944. The maximum absolute atomic E-state index is 13.0. The molecule has 1 heterocycles. The van der Waals surface area contributed by atoms with Gasteiger partial charge < -0.3 is 0 Å². The van der Waals surface area contributed by atoms with Crippen LogP contribution < -0.4 is 0 Å². The van der Waals surface area contributed by atoms with Crippen LogP contribution in [0.1, 0.15) is 32.1 Å². The average Bonchev–Trinajstić information content (AvgIpc) is 2.65. The van der Waals surface area contributed by atoms with Gasteiger partial charge in [-0.2, -0.15) is 18.4 Å². The quantitative estimate of drug-likeness (QED) is 0.543. The molecule has 20 heavy (non-hydrogen) atoms. The third kappa shape index (κ3) is 3.48. The van der Waals surface area contributed by atoms with Crippen LogP contribution >= 0.6 is 11.6 Å². The fourth-order valence-corrected chi connectivity index (χ4v) is 3.50. The van der Waals surface area contributed by atoms with Gasteiger partial charge in [0, 0.05) is 12.6 Å². The van der Waals surface area contributed by atoms with Gasteiger partial charge in [0.1, 0.15) is 6.04 Å². The molecule has 2 rings (SSSR count). The second kappa shape index (κ2) is 6.36. The van der Waals surface area contributed by atoms with Gasteiger partial charge in [-0.3, -0.25) is 4.90 Å². The summed E-state index contributed by atoms with van der Waals surface area (Å²) in [5, 5.41) is 8.49. The first-order valence-electron chi connectivity index (χ1n) is 6.94. The molecule has 0 spiro atoms. The summed E-state index contributed by atoms with van der Waals surface area (Å²) in [7, 11) is 0. The van der Waals surface area contributed by atoms with Gasteiger partial charge in [-0.05, 0) is 32.1 Å². The van der Waals surface area contributed by atoms with Crippen molar-refractivity contribution in [1.29, 1.82) is 5.26 Å². The number of nitriles is 1. The fraction of sp³-hybridized carbons (Fsp3) is 0.786. The second-order valence-corrected chi connectivity index (χ2v) is 6.11. The van der Waals surface area contributed by atoms with E-state index in [1.54, 1.807) is 4.90 Å². The largest absolute Gasteiger partial charge is 0.393 e. The Morgan fingerprint density at radius 2 is 2.05 bits per heavy atom. The van der Waals surface area contributed by atoms with E-state index in [1.807, 2.05) is 6.08 Å². The van der Waals surface area contributed by atoms with Gasteiger partial charge in [0.15, 0.2) is 0 Å². The van der Waals surface area contributed by atoms with Gasteiger partial charge in [0.2, 0.25) is 0 Å². The molecule has 2 aliphatic rings. The van der Waals surface area contributed by atoms with E-state index in [0.717, 1.165) is 19.3 Å². The monoisotopic (exact) mass is 306 g/mol. The van der Waals surface area contributed by atoms with Crippen molar-refractivity contribution >= 4 is 11.6 Å². The van der Waals surface area contributed by atoms with Gasteiger partial charge >= 0.3 is 6.18 Å². The topological polar surface area (TPSA) is 27.0 Å². The van der Waals surface area contributed by atoms with E-state index in [9.17, 15) is 18.4 Å². The number of hydrogen-bond donors (Lipinski definition) is 0. The molecule has 0 saturated carbocycles. The predicted octanol–water partition coefficient (Wildman–Crippen LogP) is 3.87. The van der Waals surface area contributed by atoms with Crippen molar-refractivity contribution < 1.29 is 13.2 Å². The van der Waals surface area contributed by atoms with Crippen LogP contribution in [0.4, 0.5) is 13.2 Å². The molecule has 0 amide bonds. The number of likely N-dealkylation sites (tertiary alicyclic amines) is 1. The molecule has 112 valence electrons. The van der Waals surface area contributed by atoms with E-state index < -0.39 is 23.5 Å². The van der Waals surface area contributed by atoms with Crippen molar-refractivity contribution in [2.75, 3.05) is 6.54 Å². The standard InChI is InChI=1S/C14H18ClF3N2/c15-12-7-10(14(16,17)18)9-20(13(12)8-19)11-5-3-1-2-4-6-11/h1,3,10-13H,2,4-7,9H2. The van der Waals surface area contributed by atoms with E-state index in [-0.39, 0.29) is 19.0 Å². The smallest absolute Gasteiger partial charge is 0.283 e. The molecule has 4 unspecified atom stereocenters. The molecule has 0 aromatic heterocycles. The van der Waals surface area contributed by atoms with E-state index in [2.05, 4.69) is 12.1 Å². The predicted molar refractivity (Wildman–Crippen MR) is 71.3 cm³/mol. The van der Waals surface area contributed by atoms with Crippen molar-refractivity contribution in [3.05, 3.63) is 12.2 Å². The summed E-state index contributed by atoms with van der Waals surface area (Å²) in [6.45, 7) is -0.108. The van der Waals surface area contributed by atoms with Gasteiger partial charge in [0.05, 0.1) is 17.4 Å². The van der Waals surface area contributed by atoms with E-state index in [4.69, 9.17) is 11.6 Å². The Morgan fingerprint density at radius 1 is 1.30 bits per heavy atom. The summed E-state index contributed by atoms with van der Waals surface area (Å²) in [4.78, 5) is 1.69. The molecular formula is C14H18ClF3N2. The number of piperidine rings is 1. The SMILES string of the molecule is N#CC1C(Cl)CC(C(F)(F)F)CN1C1CC=CCCC1. The number of halogens is 4. The molecule has 1 saturated heterocycles. The molecule has 1 aliphatic heterocycles. The highest BCUT2D eigenvalue weighted by molar-refractivity contribution is 6.21. The lowest BCUT2D eigenvalue weighted by Crippen LogP contribution is -2.55. The van der Waals surface area contributed by atoms with Crippen LogP contribution in [-0.4, -0.2) is 35.1 Å². The van der Waals surface area contributed by atoms with Crippen LogP contribution in [0.25, 0.3) is 0 Å². The third-order valence-electron chi connectivity index (χ3n) is 4.19. The lowest BCUT2D eigenvalue weighted by atomic mass is 9.89. The Hall–Kier alpha value is -0.730. The molecule has 6 heteroatoms. The van der Waals surface area contributed by atoms with Crippen LogP contribution in [0, 0.1) is 17.2 Å². The number of hydrogen-bond acceptors (Lipinski definition) is 2. The summed E-state index contributed by atoms with van der Waals surface area (Å²) in [5.41, 5.74) is 0. The Kier molecular flexibility index (Phi) is 4.98. The summed E-state index contributed by atoms with van der Waals surface area (Å²) in [6, 6.07) is 1.47. The van der Waals surface area contributed by atoms with E-state index in [1.165, 1.54) is 0 Å². The van der Waals surface area contributed by atoms with Crippen molar-refractivity contribution in [1.82, 2.24) is 4.90 Å². The molecule has 4 atom stereocenters. The molecule has 0 aromatic rings. The van der Waals surface area contributed by atoms with Gasteiger partial charge in [-0.15, -0.1) is 11.6 Å². The van der Waals surface area contributed by atoms with Crippen molar-refractivity contribution in [3.8, 4) is 6.07 Å². The number of nitrogens with zero attached hydrogens (tertiary/aromatic N) is 2. The lowest BCUT2D eigenvalue weighted by Gasteiger charge is -2.43. The first kappa shape index (κ1) is 15.7. The maximum Gasteiger partial charge on any atom is 0.393 e. The Balaban J connectivity index is 2.17. The second-order valence-electron chi connectivity index (χ2n) is 5.55. The summed E-state index contributed by atoms with van der Waals surface area (Å²) < 4.78 is 39.0. The van der Waals surface area contributed by atoms with E-state index in [0.29, 0.717) is 6.42 Å². The van der Waals surface area contributed by atoms with Crippen LogP contribution in [0.5, 0.6) is 0 Å². The minimum Gasteiger partial charge on any atom is -0.283 e. The number of allylic oxidation sites excluding steroid dienone is 1. The van der Waals surface area contributed by atoms with Crippen LogP contribution in [0.3, 0.4) is 0 Å². The molecule has 0 aromatic carbocycles.